The van der Waals surface area contributed by atoms with Gasteiger partial charge in [-0.25, -0.2) is 9.19 Å². The van der Waals surface area contributed by atoms with Crippen LogP contribution >= 0.6 is 23.2 Å². The summed E-state index contributed by atoms with van der Waals surface area (Å²) in [6.45, 7) is 0. The predicted octanol–water partition coefficient (Wildman–Crippen LogP) is 0.260. The third-order valence-corrected chi connectivity index (χ3v) is 3.71. The fraction of sp³-hybridized carbons (Fsp3) is 0.100. The molecule has 0 saturated heterocycles. The molecule has 0 amide bonds. The first-order valence-corrected chi connectivity index (χ1v) is 6.53. The van der Waals surface area contributed by atoms with Crippen LogP contribution in [-0.2, 0) is 10.8 Å². The first-order chi connectivity index (χ1) is 8.38. The van der Waals surface area contributed by atoms with E-state index in [1.54, 1.807) is 12.1 Å². The molecule has 0 spiro atoms. The van der Waals surface area contributed by atoms with Gasteiger partial charge >= 0.3 is 23.6 Å². The Morgan fingerprint density at radius 2 is 1.95 bits per heavy atom. The predicted molar refractivity (Wildman–Crippen MR) is 65.2 cm³/mol. The van der Waals surface area contributed by atoms with E-state index in [2.05, 4.69) is 9.97 Å². The minimum absolute atomic E-state index is 0. The van der Waals surface area contributed by atoms with Crippen LogP contribution in [0.2, 0.25) is 5.15 Å². The summed E-state index contributed by atoms with van der Waals surface area (Å²) in [5.41, 5.74) is 0.962. The summed E-state index contributed by atoms with van der Waals surface area (Å²) < 4.78 is 32.8. The van der Waals surface area contributed by atoms with Crippen molar-refractivity contribution in [3.8, 4) is 11.3 Å². The number of halogens is 4. The van der Waals surface area contributed by atoms with Gasteiger partial charge in [-0.15, -0.1) is 5.69 Å². The van der Waals surface area contributed by atoms with Crippen molar-refractivity contribution in [2.75, 3.05) is 0 Å². The van der Waals surface area contributed by atoms with Crippen molar-refractivity contribution in [3.05, 3.63) is 35.6 Å². The Hall–Kier alpha value is -0.383. The molecule has 3 nitrogen and oxygen atoms in total. The van der Waals surface area contributed by atoms with E-state index in [0.29, 0.717) is 16.4 Å². The quantitative estimate of drug-likeness (QED) is 0.463. The maximum atomic E-state index is 12.7. The molecule has 0 aromatic carbocycles. The molecule has 0 fully saturated rings. The van der Waals surface area contributed by atoms with Crippen molar-refractivity contribution >= 4 is 34.0 Å². The molecule has 19 heavy (non-hydrogen) atoms. The van der Waals surface area contributed by atoms with Crippen LogP contribution in [0.15, 0.2) is 35.5 Å². The number of alkyl halides is 3. The van der Waals surface area contributed by atoms with Gasteiger partial charge in [-0.3, -0.25) is 0 Å². The van der Waals surface area contributed by atoms with Gasteiger partial charge in [0, 0.05) is 6.20 Å². The average molecular weight is 317 g/mol. The summed E-state index contributed by atoms with van der Waals surface area (Å²) in [6, 6.07) is 5.86. The van der Waals surface area contributed by atoms with Crippen LogP contribution in [0.1, 0.15) is 0 Å². The third kappa shape index (κ3) is 4.04. The minimum atomic E-state index is -3.84. The smallest absolute Gasteiger partial charge is 0.650 e. The van der Waals surface area contributed by atoms with Crippen LogP contribution in [-0.4, -0.2) is 13.9 Å². The number of hydrogen-bond donors (Lipinski definition) is 0. The van der Waals surface area contributed by atoms with Gasteiger partial charge in [-0.2, -0.15) is 8.78 Å². The molecule has 1 atom stereocenters. The molecule has 0 saturated carbocycles. The van der Waals surface area contributed by atoms with Crippen molar-refractivity contribution in [1.29, 1.82) is 0 Å². The van der Waals surface area contributed by atoms with E-state index in [1.807, 2.05) is 0 Å². The zero-order chi connectivity index (χ0) is 13.3. The van der Waals surface area contributed by atoms with Gasteiger partial charge in [-0.05, 0) is 23.2 Å². The second-order valence-corrected chi connectivity index (χ2v) is 5.81. The molecule has 2 rings (SSSR count). The number of aromatic nitrogens is 2. The molecule has 2 aromatic rings. The van der Waals surface area contributed by atoms with Crippen molar-refractivity contribution in [1.82, 2.24) is 9.97 Å². The maximum absolute atomic E-state index is 12.7. The second-order valence-electron chi connectivity index (χ2n) is 3.25. The minimum Gasteiger partial charge on any atom is -0.650 e. The molecule has 0 bridgehead atoms. The Balaban J connectivity index is 0.00000180. The molecule has 0 radical (unpaired) electrons. The van der Waals surface area contributed by atoms with E-state index < -0.39 is 15.5 Å². The normalized spacial score (nSPS) is 12.8. The van der Waals surface area contributed by atoms with Crippen molar-refractivity contribution < 1.29 is 31.9 Å². The van der Waals surface area contributed by atoms with E-state index in [-0.39, 0.29) is 23.9 Å². The van der Waals surface area contributed by atoms with Gasteiger partial charge < -0.3 is 4.98 Å². The average Bonchev–Trinajstić information content (AvgIpc) is 2.77. The zero-order valence-corrected chi connectivity index (χ0v) is 11.9. The third-order valence-electron chi connectivity index (χ3n) is 2.04. The topological polar surface area (TPSA) is 44.1 Å². The van der Waals surface area contributed by atoms with Gasteiger partial charge in [0.25, 0.3) is 0 Å². The summed E-state index contributed by atoms with van der Waals surface area (Å²) in [6.07, 6.45) is 1.44. The number of hydrogen-bond acceptors (Lipinski definition) is 2. The van der Waals surface area contributed by atoms with Crippen LogP contribution < -0.4 is 23.8 Å². The van der Waals surface area contributed by atoms with E-state index in [1.165, 1.54) is 18.3 Å². The molecular formula is C10H5Cl2F2LiN2OS. The molecule has 96 valence electrons. The van der Waals surface area contributed by atoms with Gasteiger partial charge in [0.15, 0.2) is 0 Å². The largest absolute Gasteiger partial charge is 1.00 e. The molecule has 0 N–H and O–H groups in total. The van der Waals surface area contributed by atoms with Crippen LogP contribution in [0.4, 0.5) is 8.78 Å². The summed E-state index contributed by atoms with van der Waals surface area (Å²) in [7, 11) is -2.68. The van der Waals surface area contributed by atoms with Crippen LogP contribution in [0, 0.1) is 0 Å². The van der Waals surface area contributed by atoms with E-state index in [9.17, 15) is 13.0 Å². The van der Waals surface area contributed by atoms with Crippen molar-refractivity contribution in [2.45, 2.75) is 9.74 Å². The maximum Gasteiger partial charge on any atom is 1.00 e. The van der Waals surface area contributed by atoms with Gasteiger partial charge in [0.05, 0.1) is 0 Å². The van der Waals surface area contributed by atoms with Gasteiger partial charge in [0.2, 0.25) is 0 Å². The molecule has 0 aliphatic rings. The summed E-state index contributed by atoms with van der Waals surface area (Å²) in [5, 5.41) is 0.0290. The Labute approximate surface area is 132 Å². The number of pyridine rings is 1. The fourth-order valence-electron chi connectivity index (χ4n) is 1.25. The molecule has 1 unspecified atom stereocenters. The summed E-state index contributed by atoms with van der Waals surface area (Å²) >= 11 is 10.3. The fourth-order valence-corrected chi connectivity index (χ4v) is 2.21. The Kier molecular flexibility index (Phi) is 5.60. The molecule has 0 aliphatic heterocycles. The van der Waals surface area contributed by atoms with Crippen LogP contribution in [0.5, 0.6) is 0 Å². The molecular weight excluding hydrogens is 312 g/mol. The van der Waals surface area contributed by atoms with Gasteiger partial charge in [0.1, 0.15) is 16.0 Å². The van der Waals surface area contributed by atoms with Gasteiger partial charge in [-0.1, -0.05) is 34.8 Å². The number of nitrogens with zero attached hydrogens (tertiary/aromatic N) is 2. The Morgan fingerprint density at radius 3 is 2.47 bits per heavy atom. The summed E-state index contributed by atoms with van der Waals surface area (Å²) in [4.78, 5) is 7.66. The SMILES string of the molecule is O=S(c1ccc(-c2ccc(Cl)nc2)[n-]1)C(F)(F)Cl.[Li+]. The Bertz CT molecular complexity index is 586. The first kappa shape index (κ1) is 16.7. The first-order valence-electron chi connectivity index (χ1n) is 4.62. The van der Waals surface area contributed by atoms with Crippen molar-refractivity contribution in [2.24, 2.45) is 0 Å². The standard InChI is InChI=1S/C10H5Cl2F2N2OS.Li/c11-8-3-1-6(5-15-8)7-2-4-9(16-7)18(17)10(12,13)14;/h1-5H;/q-1;+1. The summed E-state index contributed by atoms with van der Waals surface area (Å²) in [5.74, 6) is 0. The number of rotatable bonds is 3. The molecule has 2 heterocycles. The zero-order valence-electron chi connectivity index (χ0n) is 9.61. The van der Waals surface area contributed by atoms with E-state index in [4.69, 9.17) is 23.2 Å². The molecule has 9 heteroatoms. The monoisotopic (exact) mass is 316 g/mol. The van der Waals surface area contributed by atoms with Crippen LogP contribution in [0.25, 0.3) is 11.3 Å². The second kappa shape index (κ2) is 6.38. The van der Waals surface area contributed by atoms with E-state index in [0.717, 1.165) is 0 Å². The Morgan fingerprint density at radius 1 is 1.26 bits per heavy atom. The van der Waals surface area contributed by atoms with Crippen molar-refractivity contribution in [3.63, 3.8) is 0 Å². The molecule has 0 aliphatic carbocycles. The van der Waals surface area contributed by atoms with Crippen LogP contribution in [0.3, 0.4) is 0 Å². The molecule has 2 aromatic heterocycles. The van der Waals surface area contributed by atoms with E-state index >= 15 is 0 Å².